The molecule has 0 saturated heterocycles. The molecule has 0 amide bonds. The number of nitrogen functional groups attached to an aromatic ring is 1. The molecule has 1 aromatic heterocycles. The summed E-state index contributed by atoms with van der Waals surface area (Å²) < 4.78 is 4.93. The van der Waals surface area contributed by atoms with Crippen LogP contribution in [0.25, 0.3) is 10.8 Å². The number of hydrogen-bond acceptors (Lipinski definition) is 5. The summed E-state index contributed by atoms with van der Waals surface area (Å²) >= 11 is 1.46. The number of benzene rings is 1. The summed E-state index contributed by atoms with van der Waals surface area (Å²) in [6.45, 7) is 4.14. The predicted molar refractivity (Wildman–Crippen MR) is 78.2 cm³/mol. The Hall–Kier alpha value is -1.75. The predicted octanol–water partition coefficient (Wildman–Crippen LogP) is 2.78. The van der Waals surface area contributed by atoms with E-state index in [0.29, 0.717) is 18.0 Å². The standard InChI is InChI=1S/C14H16N2O2S/c1-3-18-14(17)8-19-13-5-4-12(15)11-7-16-9(2)6-10(11)13/h4-7H,3,8,15H2,1-2H3. The number of fused-ring (bicyclic) bond motifs is 1. The fourth-order valence-electron chi connectivity index (χ4n) is 1.80. The number of nitrogens with two attached hydrogens (primary N) is 1. The Labute approximate surface area is 116 Å². The summed E-state index contributed by atoms with van der Waals surface area (Å²) in [4.78, 5) is 16.7. The SMILES string of the molecule is CCOC(=O)CSc1ccc(N)c2cnc(C)cc12. The van der Waals surface area contributed by atoms with Crippen LogP contribution in [0.15, 0.2) is 29.3 Å². The average molecular weight is 276 g/mol. The molecule has 19 heavy (non-hydrogen) atoms. The summed E-state index contributed by atoms with van der Waals surface area (Å²) in [6, 6.07) is 5.76. The number of aryl methyl sites for hydroxylation is 1. The van der Waals surface area contributed by atoms with E-state index < -0.39 is 0 Å². The molecule has 2 N–H and O–H groups in total. The summed E-state index contributed by atoms with van der Waals surface area (Å²) in [6.07, 6.45) is 1.77. The molecule has 1 heterocycles. The Morgan fingerprint density at radius 2 is 2.21 bits per heavy atom. The number of hydrogen-bond donors (Lipinski definition) is 1. The van der Waals surface area contributed by atoms with Gasteiger partial charge in [-0.3, -0.25) is 9.78 Å². The molecule has 0 saturated carbocycles. The lowest BCUT2D eigenvalue weighted by atomic mass is 10.1. The highest BCUT2D eigenvalue weighted by atomic mass is 32.2. The van der Waals surface area contributed by atoms with Gasteiger partial charge in [-0.2, -0.15) is 0 Å². The molecule has 2 rings (SSSR count). The molecular weight excluding hydrogens is 260 g/mol. The number of aromatic nitrogens is 1. The van der Waals surface area contributed by atoms with E-state index in [2.05, 4.69) is 4.98 Å². The molecule has 0 aliphatic carbocycles. The van der Waals surface area contributed by atoms with Crippen molar-refractivity contribution in [1.29, 1.82) is 0 Å². The largest absolute Gasteiger partial charge is 0.465 e. The monoisotopic (exact) mass is 276 g/mol. The lowest BCUT2D eigenvalue weighted by molar-refractivity contribution is -0.139. The molecule has 0 radical (unpaired) electrons. The van der Waals surface area contributed by atoms with Crippen molar-refractivity contribution in [2.24, 2.45) is 0 Å². The number of carbonyl (C=O) groups excluding carboxylic acids is 1. The molecule has 4 nitrogen and oxygen atoms in total. The Bertz CT molecular complexity index is 614. The van der Waals surface area contributed by atoms with Crippen LogP contribution in [0.1, 0.15) is 12.6 Å². The first-order valence-electron chi connectivity index (χ1n) is 6.05. The van der Waals surface area contributed by atoms with Gasteiger partial charge in [0.05, 0.1) is 12.4 Å². The van der Waals surface area contributed by atoms with Crippen LogP contribution in [0.3, 0.4) is 0 Å². The summed E-state index contributed by atoms with van der Waals surface area (Å²) in [5.74, 6) is 0.0945. The van der Waals surface area contributed by atoms with Crippen molar-refractivity contribution in [3.05, 3.63) is 30.1 Å². The van der Waals surface area contributed by atoms with Gasteiger partial charge in [0.15, 0.2) is 0 Å². The van der Waals surface area contributed by atoms with Crippen LogP contribution in [0.4, 0.5) is 5.69 Å². The number of pyridine rings is 1. The maximum Gasteiger partial charge on any atom is 0.316 e. The molecule has 2 aromatic rings. The Balaban J connectivity index is 2.30. The van der Waals surface area contributed by atoms with Gasteiger partial charge in [-0.15, -0.1) is 11.8 Å². The van der Waals surface area contributed by atoms with Crippen LogP contribution >= 0.6 is 11.8 Å². The Morgan fingerprint density at radius 1 is 1.42 bits per heavy atom. The minimum absolute atomic E-state index is 0.205. The lowest BCUT2D eigenvalue weighted by Gasteiger charge is -2.08. The van der Waals surface area contributed by atoms with Crippen molar-refractivity contribution in [3.63, 3.8) is 0 Å². The highest BCUT2D eigenvalue weighted by Crippen LogP contribution is 2.31. The third-order valence-corrected chi connectivity index (χ3v) is 3.73. The highest BCUT2D eigenvalue weighted by molar-refractivity contribution is 8.00. The first-order chi connectivity index (χ1) is 9.11. The van der Waals surface area contributed by atoms with Gasteiger partial charge in [0, 0.05) is 33.2 Å². The lowest BCUT2D eigenvalue weighted by Crippen LogP contribution is -2.06. The van der Waals surface area contributed by atoms with E-state index >= 15 is 0 Å². The second-order valence-electron chi connectivity index (χ2n) is 4.12. The highest BCUT2D eigenvalue weighted by Gasteiger charge is 2.08. The fourth-order valence-corrected chi connectivity index (χ4v) is 2.65. The van der Waals surface area contributed by atoms with E-state index in [4.69, 9.17) is 10.5 Å². The van der Waals surface area contributed by atoms with E-state index in [9.17, 15) is 4.79 Å². The van der Waals surface area contributed by atoms with E-state index in [-0.39, 0.29) is 5.97 Å². The first kappa shape index (κ1) is 13.7. The third-order valence-electron chi connectivity index (χ3n) is 2.68. The maximum atomic E-state index is 11.4. The normalized spacial score (nSPS) is 10.6. The fraction of sp³-hybridized carbons (Fsp3) is 0.286. The van der Waals surface area contributed by atoms with Crippen LogP contribution in [0, 0.1) is 6.92 Å². The van der Waals surface area contributed by atoms with Crippen LogP contribution in [0.2, 0.25) is 0 Å². The summed E-state index contributed by atoms with van der Waals surface area (Å²) in [7, 11) is 0. The van der Waals surface area contributed by atoms with Crippen molar-refractivity contribution in [1.82, 2.24) is 4.98 Å². The molecule has 0 fully saturated rings. The van der Waals surface area contributed by atoms with E-state index in [0.717, 1.165) is 21.4 Å². The minimum Gasteiger partial charge on any atom is -0.465 e. The molecule has 1 aromatic carbocycles. The molecule has 0 unspecified atom stereocenters. The molecule has 0 aliphatic rings. The summed E-state index contributed by atoms with van der Waals surface area (Å²) in [5, 5.41) is 1.95. The zero-order valence-corrected chi connectivity index (χ0v) is 11.8. The van der Waals surface area contributed by atoms with Crippen LogP contribution < -0.4 is 5.73 Å². The van der Waals surface area contributed by atoms with Crippen LogP contribution in [0.5, 0.6) is 0 Å². The molecule has 0 atom stereocenters. The number of nitrogens with zero attached hydrogens (tertiary/aromatic N) is 1. The summed E-state index contributed by atoms with van der Waals surface area (Å²) in [5.41, 5.74) is 7.56. The molecule has 0 bridgehead atoms. The van der Waals surface area contributed by atoms with Gasteiger partial charge >= 0.3 is 5.97 Å². The van der Waals surface area contributed by atoms with Crippen molar-refractivity contribution in [2.75, 3.05) is 18.1 Å². The van der Waals surface area contributed by atoms with E-state index in [1.807, 2.05) is 25.1 Å². The van der Waals surface area contributed by atoms with Crippen molar-refractivity contribution >= 4 is 34.2 Å². The molecule has 5 heteroatoms. The number of esters is 1. The quantitative estimate of drug-likeness (QED) is 0.528. The number of thioether (sulfide) groups is 1. The number of rotatable bonds is 4. The van der Waals surface area contributed by atoms with Gasteiger partial charge in [0.1, 0.15) is 0 Å². The molecule has 100 valence electrons. The van der Waals surface area contributed by atoms with Crippen molar-refractivity contribution in [2.45, 2.75) is 18.7 Å². The van der Waals surface area contributed by atoms with Gasteiger partial charge in [0.2, 0.25) is 0 Å². The number of anilines is 1. The second kappa shape index (κ2) is 5.93. The van der Waals surface area contributed by atoms with Crippen molar-refractivity contribution in [3.8, 4) is 0 Å². The third kappa shape index (κ3) is 3.17. The van der Waals surface area contributed by atoms with Gasteiger partial charge in [-0.25, -0.2) is 0 Å². The number of ether oxygens (including phenoxy) is 1. The Kier molecular flexibility index (Phi) is 4.27. The first-order valence-corrected chi connectivity index (χ1v) is 7.03. The number of carbonyl (C=O) groups is 1. The minimum atomic E-state index is -0.205. The maximum absolute atomic E-state index is 11.4. The zero-order valence-electron chi connectivity index (χ0n) is 11.0. The van der Waals surface area contributed by atoms with Crippen LogP contribution in [-0.4, -0.2) is 23.3 Å². The van der Waals surface area contributed by atoms with Gasteiger partial charge < -0.3 is 10.5 Å². The topological polar surface area (TPSA) is 65.2 Å². The van der Waals surface area contributed by atoms with Crippen molar-refractivity contribution < 1.29 is 9.53 Å². The average Bonchev–Trinajstić information content (AvgIpc) is 2.38. The van der Waals surface area contributed by atoms with Gasteiger partial charge in [-0.1, -0.05) is 0 Å². The molecule has 0 aliphatic heterocycles. The zero-order chi connectivity index (χ0) is 13.8. The molecular formula is C14H16N2O2S. The molecule has 0 spiro atoms. The van der Waals surface area contributed by atoms with E-state index in [1.54, 1.807) is 13.1 Å². The van der Waals surface area contributed by atoms with Crippen LogP contribution in [-0.2, 0) is 9.53 Å². The van der Waals surface area contributed by atoms with Gasteiger partial charge in [0.25, 0.3) is 0 Å². The Morgan fingerprint density at radius 3 is 2.95 bits per heavy atom. The van der Waals surface area contributed by atoms with E-state index in [1.165, 1.54) is 11.8 Å². The second-order valence-corrected chi connectivity index (χ2v) is 5.14. The van der Waals surface area contributed by atoms with Gasteiger partial charge in [-0.05, 0) is 32.0 Å². The smallest absolute Gasteiger partial charge is 0.316 e.